The lowest BCUT2D eigenvalue weighted by Crippen LogP contribution is -2.27. The van der Waals surface area contributed by atoms with E-state index in [2.05, 4.69) is 36.6 Å². The Labute approximate surface area is 109 Å². The summed E-state index contributed by atoms with van der Waals surface area (Å²) in [6.45, 7) is 5.28. The van der Waals surface area contributed by atoms with Crippen LogP contribution in [0, 0.1) is 6.92 Å². The molecule has 98 valence electrons. The van der Waals surface area contributed by atoms with Crippen molar-refractivity contribution in [1.82, 2.24) is 5.32 Å². The van der Waals surface area contributed by atoms with Crippen LogP contribution in [0.15, 0.2) is 18.2 Å². The Bertz CT molecular complexity index is 423. The molecule has 0 bridgehead atoms. The SMILES string of the molecule is CCc1cc(NC(=O)CC2CCCN2)ccc1C. The first-order valence-corrected chi connectivity index (χ1v) is 6.82. The Morgan fingerprint density at radius 2 is 2.33 bits per heavy atom. The molecule has 1 unspecified atom stereocenters. The Kier molecular flexibility index (Phi) is 4.37. The summed E-state index contributed by atoms with van der Waals surface area (Å²) in [5.74, 6) is 0.111. The van der Waals surface area contributed by atoms with Crippen molar-refractivity contribution in [3.63, 3.8) is 0 Å². The second-order valence-corrected chi connectivity index (χ2v) is 5.04. The molecule has 1 aliphatic rings. The molecule has 1 amide bonds. The van der Waals surface area contributed by atoms with Crippen LogP contribution in [0.3, 0.4) is 0 Å². The topological polar surface area (TPSA) is 41.1 Å². The standard InChI is InChI=1S/C15H22N2O/c1-3-12-9-14(7-6-11(12)2)17-15(18)10-13-5-4-8-16-13/h6-7,9,13,16H,3-5,8,10H2,1-2H3,(H,17,18). The third-order valence-corrected chi connectivity index (χ3v) is 3.61. The van der Waals surface area contributed by atoms with Crippen molar-refractivity contribution in [2.45, 2.75) is 45.6 Å². The molecule has 1 aliphatic heterocycles. The van der Waals surface area contributed by atoms with Gasteiger partial charge in [-0.2, -0.15) is 0 Å². The lowest BCUT2D eigenvalue weighted by Gasteiger charge is -2.12. The molecule has 2 N–H and O–H groups in total. The zero-order chi connectivity index (χ0) is 13.0. The number of amides is 1. The molecule has 0 spiro atoms. The molecule has 0 aromatic heterocycles. The predicted molar refractivity (Wildman–Crippen MR) is 74.8 cm³/mol. The van der Waals surface area contributed by atoms with Crippen molar-refractivity contribution in [1.29, 1.82) is 0 Å². The van der Waals surface area contributed by atoms with Crippen molar-refractivity contribution in [2.24, 2.45) is 0 Å². The molecular weight excluding hydrogens is 224 g/mol. The summed E-state index contributed by atoms with van der Waals surface area (Å²) < 4.78 is 0. The van der Waals surface area contributed by atoms with Gasteiger partial charge in [-0.05, 0) is 56.0 Å². The molecular formula is C15H22N2O. The molecule has 0 radical (unpaired) electrons. The quantitative estimate of drug-likeness (QED) is 0.857. The van der Waals surface area contributed by atoms with E-state index in [0.29, 0.717) is 12.5 Å². The molecule has 18 heavy (non-hydrogen) atoms. The molecule has 1 aromatic carbocycles. The second-order valence-electron chi connectivity index (χ2n) is 5.04. The molecule has 3 nitrogen and oxygen atoms in total. The first kappa shape index (κ1) is 13.1. The summed E-state index contributed by atoms with van der Waals surface area (Å²) in [7, 11) is 0. The molecule has 0 aliphatic carbocycles. The van der Waals surface area contributed by atoms with Crippen molar-refractivity contribution in [3.05, 3.63) is 29.3 Å². The van der Waals surface area contributed by atoms with Crippen molar-refractivity contribution in [3.8, 4) is 0 Å². The average molecular weight is 246 g/mol. The van der Waals surface area contributed by atoms with E-state index in [1.165, 1.54) is 17.5 Å². The highest BCUT2D eigenvalue weighted by molar-refractivity contribution is 5.91. The fraction of sp³-hybridized carbons (Fsp3) is 0.533. The van der Waals surface area contributed by atoms with Crippen molar-refractivity contribution >= 4 is 11.6 Å². The van der Waals surface area contributed by atoms with Gasteiger partial charge in [0, 0.05) is 18.2 Å². The molecule has 1 fully saturated rings. The highest BCUT2D eigenvalue weighted by Gasteiger charge is 2.17. The summed E-state index contributed by atoms with van der Waals surface area (Å²) in [5, 5.41) is 6.34. The van der Waals surface area contributed by atoms with Crippen LogP contribution < -0.4 is 10.6 Å². The highest BCUT2D eigenvalue weighted by atomic mass is 16.1. The smallest absolute Gasteiger partial charge is 0.225 e. The van der Waals surface area contributed by atoms with E-state index >= 15 is 0 Å². The molecule has 1 aromatic rings. The van der Waals surface area contributed by atoms with Crippen molar-refractivity contribution < 1.29 is 4.79 Å². The monoisotopic (exact) mass is 246 g/mol. The van der Waals surface area contributed by atoms with E-state index in [9.17, 15) is 4.79 Å². The number of rotatable bonds is 4. The number of aryl methyl sites for hydroxylation is 2. The van der Waals surface area contributed by atoms with Gasteiger partial charge in [-0.25, -0.2) is 0 Å². The lowest BCUT2D eigenvalue weighted by atomic mass is 10.1. The van der Waals surface area contributed by atoms with Gasteiger partial charge in [-0.15, -0.1) is 0 Å². The highest BCUT2D eigenvalue weighted by Crippen LogP contribution is 2.17. The van der Waals surface area contributed by atoms with Crippen molar-refractivity contribution in [2.75, 3.05) is 11.9 Å². The molecule has 1 heterocycles. The largest absolute Gasteiger partial charge is 0.326 e. The maximum absolute atomic E-state index is 11.9. The summed E-state index contributed by atoms with van der Waals surface area (Å²) in [6, 6.07) is 6.49. The van der Waals surface area contributed by atoms with E-state index in [1.807, 2.05) is 6.07 Å². The van der Waals surface area contributed by atoms with Gasteiger partial charge in [-0.1, -0.05) is 13.0 Å². The number of anilines is 1. The number of nitrogens with one attached hydrogen (secondary N) is 2. The number of hydrogen-bond donors (Lipinski definition) is 2. The summed E-state index contributed by atoms with van der Waals surface area (Å²) in [6.07, 6.45) is 3.87. The number of carbonyl (C=O) groups is 1. The lowest BCUT2D eigenvalue weighted by molar-refractivity contribution is -0.116. The maximum atomic E-state index is 11.9. The fourth-order valence-corrected chi connectivity index (χ4v) is 2.50. The number of carbonyl (C=O) groups excluding carboxylic acids is 1. The van der Waals surface area contributed by atoms with Gasteiger partial charge in [0.1, 0.15) is 0 Å². The van der Waals surface area contributed by atoms with Gasteiger partial charge < -0.3 is 10.6 Å². The van der Waals surface area contributed by atoms with Gasteiger partial charge in [0.05, 0.1) is 0 Å². The fourth-order valence-electron chi connectivity index (χ4n) is 2.50. The molecule has 1 saturated heterocycles. The molecule has 1 atom stereocenters. The van der Waals surface area contributed by atoms with Gasteiger partial charge in [0.15, 0.2) is 0 Å². The minimum atomic E-state index is 0.111. The summed E-state index contributed by atoms with van der Waals surface area (Å²) >= 11 is 0. The zero-order valence-corrected chi connectivity index (χ0v) is 11.3. The molecule has 0 saturated carbocycles. The summed E-state index contributed by atoms with van der Waals surface area (Å²) in [5.41, 5.74) is 3.50. The predicted octanol–water partition coefficient (Wildman–Crippen LogP) is 2.64. The Hall–Kier alpha value is -1.35. The normalized spacial score (nSPS) is 18.9. The van der Waals surface area contributed by atoms with E-state index in [-0.39, 0.29) is 5.91 Å². The average Bonchev–Trinajstić information content (AvgIpc) is 2.84. The maximum Gasteiger partial charge on any atom is 0.225 e. The van der Waals surface area contributed by atoms with Crippen LogP contribution in [0.5, 0.6) is 0 Å². The van der Waals surface area contributed by atoms with Crippen LogP contribution in [-0.4, -0.2) is 18.5 Å². The first-order chi connectivity index (χ1) is 8.69. The Morgan fingerprint density at radius 3 is 3.00 bits per heavy atom. The van der Waals surface area contributed by atoms with E-state index in [4.69, 9.17) is 0 Å². The van der Waals surface area contributed by atoms with Gasteiger partial charge in [0.2, 0.25) is 5.91 Å². The minimum Gasteiger partial charge on any atom is -0.326 e. The minimum absolute atomic E-state index is 0.111. The molecule has 2 rings (SSSR count). The number of hydrogen-bond acceptors (Lipinski definition) is 2. The molecule has 3 heteroatoms. The van der Waals surface area contributed by atoms with Crippen LogP contribution in [0.1, 0.15) is 37.3 Å². The van der Waals surface area contributed by atoms with Gasteiger partial charge >= 0.3 is 0 Å². The van der Waals surface area contributed by atoms with Gasteiger partial charge in [-0.3, -0.25) is 4.79 Å². The van der Waals surface area contributed by atoms with Crippen LogP contribution in [0.2, 0.25) is 0 Å². The van der Waals surface area contributed by atoms with Crippen LogP contribution in [0.4, 0.5) is 5.69 Å². The van der Waals surface area contributed by atoms with Crippen LogP contribution in [-0.2, 0) is 11.2 Å². The third-order valence-electron chi connectivity index (χ3n) is 3.61. The van der Waals surface area contributed by atoms with E-state index in [0.717, 1.165) is 25.1 Å². The number of benzene rings is 1. The second kappa shape index (κ2) is 6.01. The Morgan fingerprint density at radius 1 is 1.50 bits per heavy atom. The van der Waals surface area contributed by atoms with Crippen LogP contribution >= 0.6 is 0 Å². The van der Waals surface area contributed by atoms with Gasteiger partial charge in [0.25, 0.3) is 0 Å². The van der Waals surface area contributed by atoms with E-state index < -0.39 is 0 Å². The third kappa shape index (κ3) is 3.33. The zero-order valence-electron chi connectivity index (χ0n) is 11.3. The van der Waals surface area contributed by atoms with E-state index in [1.54, 1.807) is 0 Å². The van der Waals surface area contributed by atoms with Crippen LogP contribution in [0.25, 0.3) is 0 Å². The summed E-state index contributed by atoms with van der Waals surface area (Å²) in [4.78, 5) is 11.9. The Balaban J connectivity index is 1.93. The first-order valence-electron chi connectivity index (χ1n) is 6.82.